The first kappa shape index (κ1) is 19.5. The second kappa shape index (κ2) is 8.36. The van der Waals surface area contributed by atoms with Crippen LogP contribution in [0.4, 0.5) is 5.82 Å². The van der Waals surface area contributed by atoms with Crippen molar-refractivity contribution < 1.29 is 9.53 Å². The number of anilines is 1. The van der Waals surface area contributed by atoms with Crippen molar-refractivity contribution in [2.45, 2.75) is 13.0 Å². The number of nitrogens with zero attached hydrogens (tertiary/aromatic N) is 4. The molecule has 0 spiro atoms. The van der Waals surface area contributed by atoms with Crippen LogP contribution in [0.15, 0.2) is 48.5 Å². The standard InChI is InChI=1S/C24H30N4O2/c1-18-6-5-9-22(25-18)27-14-20-15-28(23(29)17-26-10-12-30-13-11-26)24(21(20)16-27)19-7-3-2-4-8-19/h2-9,20-21,24H,10-17H2,1H3/t20-,21-,24+/m0/s1. The number of carbonyl (C=O) groups excluding carboxylic acids is 1. The second-order valence-corrected chi connectivity index (χ2v) is 8.76. The smallest absolute Gasteiger partial charge is 0.237 e. The average molecular weight is 407 g/mol. The highest BCUT2D eigenvalue weighted by molar-refractivity contribution is 5.79. The Morgan fingerprint density at radius 1 is 1.03 bits per heavy atom. The maximum Gasteiger partial charge on any atom is 0.237 e. The van der Waals surface area contributed by atoms with Crippen LogP contribution in [-0.4, -0.2) is 73.2 Å². The van der Waals surface area contributed by atoms with Crippen molar-refractivity contribution >= 4 is 11.7 Å². The maximum absolute atomic E-state index is 13.3. The van der Waals surface area contributed by atoms with Crippen LogP contribution in [0.1, 0.15) is 17.3 Å². The minimum Gasteiger partial charge on any atom is -0.379 e. The Balaban J connectivity index is 1.37. The number of hydrogen-bond donors (Lipinski definition) is 0. The quantitative estimate of drug-likeness (QED) is 0.780. The topological polar surface area (TPSA) is 48.9 Å². The van der Waals surface area contributed by atoms with Crippen LogP contribution in [0.25, 0.3) is 0 Å². The average Bonchev–Trinajstić information content (AvgIpc) is 3.33. The lowest BCUT2D eigenvalue weighted by atomic mass is 9.89. The largest absolute Gasteiger partial charge is 0.379 e. The monoisotopic (exact) mass is 406 g/mol. The number of fused-ring (bicyclic) bond motifs is 1. The summed E-state index contributed by atoms with van der Waals surface area (Å²) in [5.41, 5.74) is 2.30. The molecule has 2 aromatic rings. The highest BCUT2D eigenvalue weighted by Crippen LogP contribution is 2.45. The maximum atomic E-state index is 13.3. The van der Waals surface area contributed by atoms with E-state index in [9.17, 15) is 4.79 Å². The van der Waals surface area contributed by atoms with E-state index >= 15 is 0 Å². The molecule has 4 heterocycles. The highest BCUT2D eigenvalue weighted by Gasteiger charge is 2.49. The molecule has 1 aromatic heterocycles. The van der Waals surface area contributed by atoms with Gasteiger partial charge in [0.25, 0.3) is 0 Å². The van der Waals surface area contributed by atoms with Crippen LogP contribution >= 0.6 is 0 Å². The first-order chi connectivity index (χ1) is 14.7. The molecule has 0 radical (unpaired) electrons. The molecule has 3 fully saturated rings. The predicted molar refractivity (Wildman–Crippen MR) is 116 cm³/mol. The third-order valence-corrected chi connectivity index (χ3v) is 6.79. The molecule has 0 N–H and O–H groups in total. The normalized spacial score (nSPS) is 26.8. The van der Waals surface area contributed by atoms with E-state index in [1.165, 1.54) is 5.56 Å². The van der Waals surface area contributed by atoms with Crippen molar-refractivity contribution in [1.29, 1.82) is 0 Å². The Morgan fingerprint density at radius 3 is 2.60 bits per heavy atom. The lowest BCUT2D eigenvalue weighted by Crippen LogP contribution is -2.45. The van der Waals surface area contributed by atoms with Crippen molar-refractivity contribution in [1.82, 2.24) is 14.8 Å². The van der Waals surface area contributed by atoms with Crippen LogP contribution in [-0.2, 0) is 9.53 Å². The van der Waals surface area contributed by atoms with Gasteiger partial charge in [0.15, 0.2) is 0 Å². The molecular weight excluding hydrogens is 376 g/mol. The van der Waals surface area contributed by atoms with Gasteiger partial charge in [0.2, 0.25) is 5.91 Å². The van der Waals surface area contributed by atoms with E-state index in [-0.39, 0.29) is 11.9 Å². The summed E-state index contributed by atoms with van der Waals surface area (Å²) in [6.07, 6.45) is 0. The fourth-order valence-corrected chi connectivity index (χ4v) is 5.31. The first-order valence-corrected chi connectivity index (χ1v) is 11.0. The highest BCUT2D eigenvalue weighted by atomic mass is 16.5. The van der Waals surface area contributed by atoms with E-state index in [4.69, 9.17) is 9.72 Å². The zero-order valence-corrected chi connectivity index (χ0v) is 17.6. The molecule has 3 aliphatic heterocycles. The summed E-state index contributed by atoms with van der Waals surface area (Å²) in [6, 6.07) is 16.9. The zero-order chi connectivity index (χ0) is 20.5. The van der Waals surface area contributed by atoms with E-state index in [1.54, 1.807) is 0 Å². The number of rotatable bonds is 4. The Kier molecular flexibility index (Phi) is 5.44. The number of pyridine rings is 1. The van der Waals surface area contributed by atoms with Crippen LogP contribution in [0.3, 0.4) is 0 Å². The number of morpholine rings is 1. The summed E-state index contributed by atoms with van der Waals surface area (Å²) in [6.45, 7) is 8.40. The summed E-state index contributed by atoms with van der Waals surface area (Å²) in [4.78, 5) is 24.9. The van der Waals surface area contributed by atoms with E-state index in [1.807, 2.05) is 19.1 Å². The van der Waals surface area contributed by atoms with Gasteiger partial charge in [-0.25, -0.2) is 4.98 Å². The molecule has 5 rings (SSSR count). The fraction of sp³-hybridized carbons (Fsp3) is 0.500. The number of aromatic nitrogens is 1. The molecule has 6 nitrogen and oxygen atoms in total. The van der Waals surface area contributed by atoms with Crippen molar-refractivity contribution in [2.24, 2.45) is 11.8 Å². The minimum absolute atomic E-state index is 0.138. The molecule has 3 saturated heterocycles. The van der Waals surface area contributed by atoms with Gasteiger partial charge in [-0.05, 0) is 24.6 Å². The molecule has 0 aliphatic carbocycles. The molecular formula is C24H30N4O2. The zero-order valence-electron chi connectivity index (χ0n) is 17.6. The van der Waals surface area contributed by atoms with Gasteiger partial charge in [-0.2, -0.15) is 0 Å². The van der Waals surface area contributed by atoms with Crippen LogP contribution < -0.4 is 4.90 Å². The summed E-state index contributed by atoms with van der Waals surface area (Å²) in [5, 5.41) is 0. The number of benzene rings is 1. The van der Waals surface area contributed by atoms with Crippen molar-refractivity contribution in [3.05, 3.63) is 59.8 Å². The summed E-state index contributed by atoms with van der Waals surface area (Å²) < 4.78 is 5.44. The molecule has 3 atom stereocenters. The summed E-state index contributed by atoms with van der Waals surface area (Å²) >= 11 is 0. The Hall–Kier alpha value is -2.44. The van der Waals surface area contributed by atoms with E-state index < -0.39 is 0 Å². The molecule has 1 amide bonds. The van der Waals surface area contributed by atoms with Gasteiger partial charge in [-0.15, -0.1) is 0 Å². The molecule has 30 heavy (non-hydrogen) atoms. The number of hydrogen-bond acceptors (Lipinski definition) is 5. The number of ether oxygens (including phenoxy) is 1. The number of likely N-dealkylation sites (tertiary alicyclic amines) is 1. The second-order valence-electron chi connectivity index (χ2n) is 8.76. The van der Waals surface area contributed by atoms with Gasteiger partial charge in [-0.3, -0.25) is 9.69 Å². The third kappa shape index (κ3) is 3.82. The van der Waals surface area contributed by atoms with Crippen molar-refractivity contribution in [3.8, 4) is 0 Å². The number of amides is 1. The molecule has 158 valence electrons. The van der Waals surface area contributed by atoms with Gasteiger partial charge in [-0.1, -0.05) is 36.4 Å². The van der Waals surface area contributed by atoms with Crippen LogP contribution in [0.2, 0.25) is 0 Å². The van der Waals surface area contributed by atoms with Gasteiger partial charge in [0.05, 0.1) is 25.8 Å². The molecule has 1 aromatic carbocycles. The van der Waals surface area contributed by atoms with Gasteiger partial charge >= 0.3 is 0 Å². The predicted octanol–water partition coefficient (Wildman–Crippen LogP) is 2.36. The molecule has 6 heteroatoms. The SMILES string of the molecule is Cc1cccc(N2C[C@H]3CN(C(=O)CN4CCOCC4)[C@H](c4ccccc4)[C@H]3C2)n1. The molecule has 0 saturated carbocycles. The third-order valence-electron chi connectivity index (χ3n) is 6.79. The lowest BCUT2D eigenvalue weighted by Gasteiger charge is -2.33. The van der Waals surface area contributed by atoms with E-state index in [2.05, 4.69) is 51.1 Å². The lowest BCUT2D eigenvalue weighted by molar-refractivity contribution is -0.134. The van der Waals surface area contributed by atoms with E-state index in [0.29, 0.717) is 18.4 Å². The van der Waals surface area contributed by atoms with Gasteiger partial charge in [0.1, 0.15) is 5.82 Å². The van der Waals surface area contributed by atoms with Crippen molar-refractivity contribution in [3.63, 3.8) is 0 Å². The van der Waals surface area contributed by atoms with Crippen molar-refractivity contribution in [2.75, 3.05) is 57.4 Å². The summed E-state index contributed by atoms with van der Waals surface area (Å²) in [5.74, 6) is 2.22. The molecule has 3 aliphatic rings. The minimum atomic E-state index is 0.138. The molecule has 0 bridgehead atoms. The Bertz CT molecular complexity index is 884. The van der Waals surface area contributed by atoms with E-state index in [0.717, 1.165) is 57.4 Å². The fourth-order valence-electron chi connectivity index (χ4n) is 5.31. The molecule has 0 unspecified atom stereocenters. The Labute approximate surface area is 178 Å². The van der Waals surface area contributed by atoms with Crippen LogP contribution in [0.5, 0.6) is 0 Å². The summed E-state index contributed by atoms with van der Waals surface area (Å²) in [7, 11) is 0. The van der Waals surface area contributed by atoms with Gasteiger partial charge in [0, 0.05) is 50.3 Å². The Morgan fingerprint density at radius 2 is 1.83 bits per heavy atom. The number of carbonyl (C=O) groups is 1. The van der Waals surface area contributed by atoms with Gasteiger partial charge < -0.3 is 14.5 Å². The van der Waals surface area contributed by atoms with Crippen LogP contribution in [0, 0.1) is 18.8 Å². The first-order valence-electron chi connectivity index (χ1n) is 11.0. The number of aryl methyl sites for hydroxylation is 1.